The largest absolute Gasteiger partial charge is 0.394 e. The summed E-state index contributed by atoms with van der Waals surface area (Å²) in [6.45, 7) is 5.95. The fourth-order valence-electron chi connectivity index (χ4n) is 3.52. The van der Waals surface area contributed by atoms with Crippen molar-refractivity contribution in [2.75, 3.05) is 13.2 Å². The van der Waals surface area contributed by atoms with Gasteiger partial charge in [-0.25, -0.2) is 0 Å². The fraction of sp³-hybridized carbons (Fsp3) is 1.00. The van der Waals surface area contributed by atoms with E-state index in [-0.39, 0.29) is 0 Å². The zero-order valence-electron chi connectivity index (χ0n) is 11.5. The summed E-state index contributed by atoms with van der Waals surface area (Å²) in [4.78, 5) is 0. The maximum Gasteiger partial charge on any atom is 0.341 e. The quantitative estimate of drug-likeness (QED) is 0.634. The lowest BCUT2D eigenvalue weighted by atomic mass is 10.00. The van der Waals surface area contributed by atoms with Gasteiger partial charge in [0.25, 0.3) is 0 Å². The van der Waals surface area contributed by atoms with Crippen molar-refractivity contribution in [2.45, 2.75) is 70.4 Å². The molecule has 2 fully saturated rings. The summed E-state index contributed by atoms with van der Waals surface area (Å²) in [6.07, 6.45) is 9.81. The van der Waals surface area contributed by atoms with Crippen LogP contribution in [0.3, 0.4) is 0 Å². The second kappa shape index (κ2) is 6.35. The van der Waals surface area contributed by atoms with Crippen molar-refractivity contribution in [2.24, 2.45) is 5.92 Å². The molecule has 0 amide bonds. The van der Waals surface area contributed by atoms with Crippen LogP contribution in [0.25, 0.3) is 0 Å². The molecule has 2 nitrogen and oxygen atoms in total. The van der Waals surface area contributed by atoms with Crippen LogP contribution >= 0.6 is 0 Å². The van der Waals surface area contributed by atoms with Crippen LogP contribution in [0.4, 0.5) is 0 Å². The van der Waals surface area contributed by atoms with Gasteiger partial charge in [0.1, 0.15) is 0 Å². The normalized spacial score (nSPS) is 22.9. The molecule has 0 spiro atoms. The first kappa shape index (κ1) is 13.6. The van der Waals surface area contributed by atoms with E-state index in [9.17, 15) is 0 Å². The van der Waals surface area contributed by atoms with E-state index in [2.05, 4.69) is 13.8 Å². The molecule has 100 valence electrons. The molecule has 0 bridgehead atoms. The van der Waals surface area contributed by atoms with Crippen molar-refractivity contribution >= 4 is 8.56 Å². The summed E-state index contributed by atoms with van der Waals surface area (Å²) < 4.78 is 12.5. The molecule has 0 radical (unpaired) electrons. The fourth-order valence-corrected chi connectivity index (χ4v) is 8.12. The van der Waals surface area contributed by atoms with Crippen LogP contribution in [0, 0.1) is 5.92 Å². The van der Waals surface area contributed by atoms with E-state index in [1.165, 1.54) is 51.0 Å². The Labute approximate surface area is 107 Å². The summed E-state index contributed by atoms with van der Waals surface area (Å²) in [7, 11) is -1.88. The molecule has 0 aliphatic heterocycles. The molecule has 17 heavy (non-hydrogen) atoms. The highest BCUT2D eigenvalue weighted by Crippen LogP contribution is 2.47. The van der Waals surface area contributed by atoms with E-state index in [1.807, 2.05) is 0 Å². The molecule has 0 aromatic rings. The summed E-state index contributed by atoms with van der Waals surface area (Å²) in [5.74, 6) is 0.903. The zero-order valence-corrected chi connectivity index (χ0v) is 12.5. The first-order valence-electron chi connectivity index (χ1n) is 7.58. The van der Waals surface area contributed by atoms with E-state index in [4.69, 9.17) is 8.85 Å². The molecule has 0 N–H and O–H groups in total. The minimum atomic E-state index is -1.88. The van der Waals surface area contributed by atoms with Crippen LogP contribution in [-0.4, -0.2) is 21.8 Å². The molecular formula is C14H28O2Si. The summed E-state index contributed by atoms with van der Waals surface area (Å²) in [5.41, 5.74) is 0.794. The maximum atomic E-state index is 6.25. The Morgan fingerprint density at radius 2 is 1.47 bits per heavy atom. The van der Waals surface area contributed by atoms with Crippen LogP contribution < -0.4 is 0 Å². The van der Waals surface area contributed by atoms with Gasteiger partial charge in [-0.05, 0) is 38.7 Å². The summed E-state index contributed by atoms with van der Waals surface area (Å²) >= 11 is 0. The third-order valence-corrected chi connectivity index (χ3v) is 9.07. The van der Waals surface area contributed by atoms with Gasteiger partial charge in [0.05, 0.1) is 0 Å². The maximum absolute atomic E-state index is 6.25. The molecule has 0 aromatic heterocycles. The zero-order chi connectivity index (χ0) is 12.1. The van der Waals surface area contributed by atoms with Crippen LogP contribution in [-0.2, 0) is 8.85 Å². The van der Waals surface area contributed by atoms with Crippen LogP contribution in [0.15, 0.2) is 0 Å². The molecule has 2 rings (SSSR count). The van der Waals surface area contributed by atoms with Crippen LogP contribution in [0.1, 0.15) is 58.8 Å². The SMILES string of the molecule is CCO[Si](CC1CCCC1)(OCC)C1CCC1. The molecule has 0 aromatic carbocycles. The molecule has 0 heterocycles. The van der Waals surface area contributed by atoms with Crippen molar-refractivity contribution in [1.82, 2.24) is 0 Å². The van der Waals surface area contributed by atoms with E-state index in [0.29, 0.717) is 0 Å². The predicted molar refractivity (Wildman–Crippen MR) is 73.4 cm³/mol. The average Bonchev–Trinajstić information content (AvgIpc) is 2.68. The molecular weight excluding hydrogens is 228 g/mol. The highest BCUT2D eigenvalue weighted by atomic mass is 28.4. The molecule has 3 heteroatoms. The third-order valence-electron chi connectivity index (χ3n) is 4.55. The van der Waals surface area contributed by atoms with Gasteiger partial charge in [0.2, 0.25) is 0 Å². The first-order chi connectivity index (χ1) is 8.30. The Kier molecular flexibility index (Phi) is 5.06. The van der Waals surface area contributed by atoms with E-state index in [0.717, 1.165) is 24.7 Å². The molecule has 0 atom stereocenters. The van der Waals surface area contributed by atoms with Crippen molar-refractivity contribution < 1.29 is 8.85 Å². The Bertz CT molecular complexity index is 216. The van der Waals surface area contributed by atoms with Crippen molar-refractivity contribution in [3.63, 3.8) is 0 Å². The Balaban J connectivity index is 2.01. The van der Waals surface area contributed by atoms with Gasteiger partial charge in [0.15, 0.2) is 0 Å². The smallest absolute Gasteiger partial charge is 0.341 e. The lowest BCUT2D eigenvalue weighted by Crippen LogP contribution is -2.50. The second-order valence-electron chi connectivity index (χ2n) is 5.66. The molecule has 0 unspecified atom stereocenters. The van der Waals surface area contributed by atoms with Gasteiger partial charge in [-0.15, -0.1) is 0 Å². The first-order valence-corrected chi connectivity index (χ1v) is 9.68. The van der Waals surface area contributed by atoms with Gasteiger partial charge in [0, 0.05) is 18.8 Å². The standard InChI is InChI=1S/C14H28O2Si/c1-3-15-17(16-4-2,14-10-7-11-14)12-13-8-5-6-9-13/h13-14H,3-12H2,1-2H3. The van der Waals surface area contributed by atoms with Gasteiger partial charge in [-0.1, -0.05) is 32.1 Å². The van der Waals surface area contributed by atoms with Crippen LogP contribution in [0.2, 0.25) is 11.6 Å². The minimum Gasteiger partial charge on any atom is -0.394 e. The Hall–Kier alpha value is 0.137. The molecule has 0 saturated heterocycles. The average molecular weight is 256 g/mol. The Morgan fingerprint density at radius 3 is 1.88 bits per heavy atom. The molecule has 2 saturated carbocycles. The van der Waals surface area contributed by atoms with E-state index >= 15 is 0 Å². The third kappa shape index (κ3) is 3.12. The van der Waals surface area contributed by atoms with Gasteiger partial charge in [-0.3, -0.25) is 0 Å². The second-order valence-corrected chi connectivity index (χ2v) is 9.09. The summed E-state index contributed by atoms with van der Waals surface area (Å²) in [5, 5.41) is 0. The Morgan fingerprint density at radius 1 is 0.882 bits per heavy atom. The van der Waals surface area contributed by atoms with Gasteiger partial charge in [-0.2, -0.15) is 0 Å². The monoisotopic (exact) mass is 256 g/mol. The topological polar surface area (TPSA) is 18.5 Å². The van der Waals surface area contributed by atoms with Crippen molar-refractivity contribution in [3.8, 4) is 0 Å². The predicted octanol–water partition coefficient (Wildman–Crippen LogP) is 4.25. The van der Waals surface area contributed by atoms with Crippen molar-refractivity contribution in [3.05, 3.63) is 0 Å². The van der Waals surface area contributed by atoms with E-state index in [1.54, 1.807) is 0 Å². The highest BCUT2D eigenvalue weighted by Gasteiger charge is 2.49. The molecule has 2 aliphatic rings. The van der Waals surface area contributed by atoms with Gasteiger partial charge < -0.3 is 8.85 Å². The van der Waals surface area contributed by atoms with E-state index < -0.39 is 8.56 Å². The number of rotatable bonds is 7. The lowest BCUT2D eigenvalue weighted by molar-refractivity contribution is 0.152. The van der Waals surface area contributed by atoms with Crippen LogP contribution in [0.5, 0.6) is 0 Å². The van der Waals surface area contributed by atoms with Gasteiger partial charge >= 0.3 is 8.56 Å². The summed E-state index contributed by atoms with van der Waals surface area (Å²) in [6, 6.07) is 1.28. The minimum absolute atomic E-state index is 0.794. The highest BCUT2D eigenvalue weighted by molar-refractivity contribution is 6.69. The molecule has 2 aliphatic carbocycles. The van der Waals surface area contributed by atoms with Crippen molar-refractivity contribution in [1.29, 1.82) is 0 Å². The lowest BCUT2D eigenvalue weighted by Gasteiger charge is -2.42. The number of hydrogen-bond acceptors (Lipinski definition) is 2. The number of hydrogen-bond donors (Lipinski definition) is 0.